The Labute approximate surface area is 101 Å². The van der Waals surface area contributed by atoms with Gasteiger partial charge in [-0.2, -0.15) is 0 Å². The Hall–Kier alpha value is -1.33. The van der Waals surface area contributed by atoms with Crippen molar-refractivity contribution in [3.05, 3.63) is 24.2 Å². The lowest BCUT2D eigenvalue weighted by molar-refractivity contribution is -0.125. The van der Waals surface area contributed by atoms with Gasteiger partial charge in [0.05, 0.1) is 18.8 Å². The van der Waals surface area contributed by atoms with Gasteiger partial charge in [0, 0.05) is 13.1 Å². The third kappa shape index (κ3) is 3.08. The van der Waals surface area contributed by atoms with Gasteiger partial charge in [0.1, 0.15) is 5.76 Å². The number of nitrogens with two attached hydrogens (primary N) is 1. The van der Waals surface area contributed by atoms with Crippen LogP contribution in [0.25, 0.3) is 0 Å². The Morgan fingerprint density at radius 3 is 3.18 bits per heavy atom. The average molecular weight is 237 g/mol. The first-order valence-electron chi connectivity index (χ1n) is 6.05. The molecule has 5 nitrogen and oxygen atoms in total. The number of nitrogens with one attached hydrogen (secondary N) is 1. The maximum absolute atomic E-state index is 11.9. The Kier molecular flexibility index (Phi) is 4.17. The summed E-state index contributed by atoms with van der Waals surface area (Å²) in [6.07, 6.45) is 3.31. The molecule has 1 aliphatic heterocycles. The Balaban J connectivity index is 2.06. The van der Waals surface area contributed by atoms with Crippen LogP contribution in [0, 0.1) is 0 Å². The molecule has 3 N–H and O–H groups in total. The number of carbonyl (C=O) groups excluding carboxylic acids is 1. The molecule has 1 aromatic heterocycles. The second-order valence-corrected chi connectivity index (χ2v) is 4.29. The molecule has 0 bridgehead atoms. The van der Waals surface area contributed by atoms with E-state index < -0.39 is 0 Å². The van der Waals surface area contributed by atoms with Gasteiger partial charge in [0.2, 0.25) is 5.91 Å². The largest absolute Gasteiger partial charge is 0.468 e. The molecule has 5 heteroatoms. The summed E-state index contributed by atoms with van der Waals surface area (Å²) in [6, 6.07) is 3.67. The minimum Gasteiger partial charge on any atom is -0.468 e. The monoisotopic (exact) mass is 237 g/mol. The van der Waals surface area contributed by atoms with Crippen LogP contribution in [-0.4, -0.2) is 36.5 Å². The molecule has 1 atom stereocenters. The number of hydrogen-bond acceptors (Lipinski definition) is 4. The molecule has 17 heavy (non-hydrogen) atoms. The van der Waals surface area contributed by atoms with E-state index in [2.05, 4.69) is 10.2 Å². The molecule has 0 saturated carbocycles. The van der Waals surface area contributed by atoms with Crippen molar-refractivity contribution in [1.82, 2.24) is 10.2 Å². The van der Waals surface area contributed by atoms with E-state index >= 15 is 0 Å². The van der Waals surface area contributed by atoms with Crippen molar-refractivity contribution in [3.8, 4) is 0 Å². The van der Waals surface area contributed by atoms with Crippen LogP contribution in [0.2, 0.25) is 0 Å². The second-order valence-electron chi connectivity index (χ2n) is 4.29. The van der Waals surface area contributed by atoms with Crippen molar-refractivity contribution >= 4 is 5.91 Å². The van der Waals surface area contributed by atoms with E-state index in [0.717, 1.165) is 25.3 Å². The highest BCUT2D eigenvalue weighted by molar-refractivity contribution is 5.81. The Morgan fingerprint density at radius 2 is 2.47 bits per heavy atom. The molecular formula is C12H19N3O2. The number of rotatable bonds is 4. The molecule has 1 amide bonds. The first-order chi connectivity index (χ1) is 8.31. The lowest BCUT2D eigenvalue weighted by Gasteiger charge is -2.26. The number of nitrogens with zero attached hydrogens (tertiary/aromatic N) is 1. The summed E-state index contributed by atoms with van der Waals surface area (Å²) < 4.78 is 5.33. The molecule has 0 aliphatic carbocycles. The van der Waals surface area contributed by atoms with Crippen LogP contribution in [0.3, 0.4) is 0 Å². The summed E-state index contributed by atoms with van der Waals surface area (Å²) in [5.74, 6) is 0.973. The molecule has 1 fully saturated rings. The van der Waals surface area contributed by atoms with Crippen LogP contribution >= 0.6 is 0 Å². The Bertz CT molecular complexity index is 351. The average Bonchev–Trinajstić information content (AvgIpc) is 2.76. The molecular weight excluding hydrogens is 218 g/mol. The smallest absolute Gasteiger partial charge is 0.237 e. The van der Waals surface area contributed by atoms with Crippen LogP contribution in [0.4, 0.5) is 0 Å². The van der Waals surface area contributed by atoms with Crippen LogP contribution in [-0.2, 0) is 11.3 Å². The quantitative estimate of drug-likeness (QED) is 0.791. The minimum atomic E-state index is -0.132. The fourth-order valence-electron chi connectivity index (χ4n) is 2.20. The highest BCUT2D eigenvalue weighted by Gasteiger charge is 2.27. The lowest BCUT2D eigenvalue weighted by atomic mass is 10.1. The Morgan fingerprint density at radius 1 is 1.59 bits per heavy atom. The van der Waals surface area contributed by atoms with Crippen molar-refractivity contribution in [2.75, 3.05) is 19.6 Å². The van der Waals surface area contributed by atoms with Gasteiger partial charge in [-0.1, -0.05) is 0 Å². The van der Waals surface area contributed by atoms with Crippen molar-refractivity contribution in [2.24, 2.45) is 5.73 Å². The van der Waals surface area contributed by atoms with Gasteiger partial charge < -0.3 is 15.5 Å². The fourth-order valence-corrected chi connectivity index (χ4v) is 2.20. The van der Waals surface area contributed by atoms with Gasteiger partial charge in [-0.05, 0) is 31.5 Å². The van der Waals surface area contributed by atoms with Crippen LogP contribution in [0.15, 0.2) is 22.8 Å². The lowest BCUT2D eigenvalue weighted by Crippen LogP contribution is -2.44. The topological polar surface area (TPSA) is 71.5 Å². The molecule has 2 rings (SSSR count). The van der Waals surface area contributed by atoms with Crippen molar-refractivity contribution < 1.29 is 9.21 Å². The number of furan rings is 1. The van der Waals surface area contributed by atoms with Crippen LogP contribution in [0.5, 0.6) is 0 Å². The first-order valence-corrected chi connectivity index (χ1v) is 6.05. The van der Waals surface area contributed by atoms with Crippen molar-refractivity contribution in [2.45, 2.75) is 25.4 Å². The summed E-state index contributed by atoms with van der Waals surface area (Å²) in [5.41, 5.74) is 5.58. The highest BCUT2D eigenvalue weighted by Crippen LogP contribution is 2.14. The van der Waals surface area contributed by atoms with Gasteiger partial charge >= 0.3 is 0 Å². The van der Waals surface area contributed by atoms with E-state index in [1.165, 1.54) is 0 Å². The van der Waals surface area contributed by atoms with Crippen LogP contribution in [0.1, 0.15) is 18.6 Å². The number of carbonyl (C=O) groups is 1. The summed E-state index contributed by atoms with van der Waals surface area (Å²) in [5, 5.41) is 2.92. The zero-order valence-corrected chi connectivity index (χ0v) is 9.89. The predicted octanol–water partition coefficient (Wildman–Crippen LogP) is 0.319. The molecule has 1 aliphatic rings. The van der Waals surface area contributed by atoms with E-state index in [0.29, 0.717) is 19.5 Å². The minimum absolute atomic E-state index is 0.0829. The van der Waals surface area contributed by atoms with E-state index in [1.807, 2.05) is 12.1 Å². The van der Waals surface area contributed by atoms with Gasteiger partial charge in [-0.25, -0.2) is 0 Å². The third-order valence-electron chi connectivity index (χ3n) is 3.04. The third-order valence-corrected chi connectivity index (χ3v) is 3.04. The summed E-state index contributed by atoms with van der Waals surface area (Å²) in [7, 11) is 0. The SMILES string of the molecule is NCCC1C(=O)NCCCN1Cc1ccco1. The molecule has 1 unspecified atom stereocenters. The maximum Gasteiger partial charge on any atom is 0.237 e. The van der Waals surface area contributed by atoms with Gasteiger partial charge in [0.25, 0.3) is 0 Å². The summed E-state index contributed by atoms with van der Waals surface area (Å²) >= 11 is 0. The molecule has 1 aromatic rings. The first kappa shape index (κ1) is 12.1. The van der Waals surface area contributed by atoms with E-state index in [9.17, 15) is 4.79 Å². The summed E-state index contributed by atoms with van der Waals surface area (Å²) in [6.45, 7) is 2.83. The molecule has 1 saturated heterocycles. The molecule has 0 spiro atoms. The highest BCUT2D eigenvalue weighted by atomic mass is 16.3. The normalized spacial score (nSPS) is 22.2. The molecule has 0 radical (unpaired) electrons. The molecule has 2 heterocycles. The van der Waals surface area contributed by atoms with Crippen molar-refractivity contribution in [3.63, 3.8) is 0 Å². The van der Waals surface area contributed by atoms with E-state index in [1.54, 1.807) is 6.26 Å². The van der Waals surface area contributed by atoms with Gasteiger partial charge in [-0.15, -0.1) is 0 Å². The number of amides is 1. The maximum atomic E-state index is 11.9. The van der Waals surface area contributed by atoms with E-state index in [-0.39, 0.29) is 11.9 Å². The van der Waals surface area contributed by atoms with Gasteiger partial charge in [0.15, 0.2) is 0 Å². The summed E-state index contributed by atoms with van der Waals surface area (Å²) in [4.78, 5) is 14.1. The second kappa shape index (κ2) is 5.84. The fraction of sp³-hybridized carbons (Fsp3) is 0.583. The van der Waals surface area contributed by atoms with Crippen molar-refractivity contribution in [1.29, 1.82) is 0 Å². The van der Waals surface area contributed by atoms with E-state index in [4.69, 9.17) is 10.2 Å². The number of hydrogen-bond donors (Lipinski definition) is 2. The zero-order valence-electron chi connectivity index (χ0n) is 9.89. The zero-order chi connectivity index (χ0) is 12.1. The molecule has 94 valence electrons. The standard InChI is InChI=1S/C12H19N3O2/c13-5-4-11-12(16)14-6-2-7-15(11)9-10-3-1-8-17-10/h1,3,8,11H,2,4-7,9,13H2,(H,14,16). The van der Waals surface area contributed by atoms with Crippen LogP contribution < -0.4 is 11.1 Å². The van der Waals surface area contributed by atoms with Gasteiger partial charge in [-0.3, -0.25) is 9.69 Å². The molecule has 0 aromatic carbocycles. The predicted molar refractivity (Wildman–Crippen MR) is 64.2 cm³/mol.